The van der Waals surface area contributed by atoms with Crippen LogP contribution in [0.3, 0.4) is 0 Å². The number of unbranched alkanes of at least 4 members (excludes halogenated alkanes) is 56. The molecule has 1 atom stereocenters. The highest BCUT2D eigenvalue weighted by molar-refractivity contribution is 5.71. The Morgan fingerprint density at radius 2 is 0.351 bits per heavy atom. The number of hydrogen-bond donors (Lipinski definition) is 0. The Kier molecular flexibility index (Phi) is 65.5. The maximum atomic E-state index is 12.9. The first kappa shape index (κ1) is 75.4. The summed E-state index contributed by atoms with van der Waals surface area (Å²) in [5.74, 6) is -0.822. The van der Waals surface area contributed by atoms with E-state index in [1.54, 1.807) is 0 Å². The van der Waals surface area contributed by atoms with Gasteiger partial charge in [0.05, 0.1) is 0 Å². The number of carbonyl (C=O) groups excluding carboxylic acids is 3. The van der Waals surface area contributed by atoms with Crippen molar-refractivity contribution in [3.05, 3.63) is 0 Å². The Bertz CT molecular complexity index is 1160. The second-order valence-corrected chi connectivity index (χ2v) is 24.5. The van der Waals surface area contributed by atoms with Gasteiger partial charge in [-0.15, -0.1) is 0 Å². The molecule has 0 N–H and O–H groups in total. The molecule has 0 rings (SSSR count). The van der Waals surface area contributed by atoms with E-state index in [0.717, 1.165) is 57.8 Å². The zero-order valence-corrected chi connectivity index (χ0v) is 52.8. The van der Waals surface area contributed by atoms with Gasteiger partial charge in [0.1, 0.15) is 13.2 Å². The van der Waals surface area contributed by atoms with Crippen molar-refractivity contribution in [2.75, 3.05) is 13.2 Å². The van der Waals surface area contributed by atoms with Gasteiger partial charge in [0.15, 0.2) is 6.10 Å². The summed E-state index contributed by atoms with van der Waals surface area (Å²) < 4.78 is 17.0. The van der Waals surface area contributed by atoms with Crippen molar-refractivity contribution >= 4 is 17.9 Å². The van der Waals surface area contributed by atoms with Gasteiger partial charge in [-0.1, -0.05) is 380 Å². The third kappa shape index (κ3) is 65.1. The number of ether oxygens (including phenoxy) is 3. The van der Waals surface area contributed by atoms with Gasteiger partial charge in [0.25, 0.3) is 0 Å². The van der Waals surface area contributed by atoms with E-state index >= 15 is 0 Å². The van der Waals surface area contributed by atoms with Crippen LogP contribution in [0.15, 0.2) is 0 Å². The summed E-state index contributed by atoms with van der Waals surface area (Å²) >= 11 is 0. The standard InChI is InChI=1S/C71H138O6/c1-4-7-10-13-16-19-22-25-27-29-31-32-33-34-35-36-37-38-39-40-41-43-44-46-49-52-55-58-61-64-70(73)76-67-68(66-75-69(72)63-60-57-54-51-48-24-21-18-15-12-9-6-3)77-71(74)65-62-59-56-53-50-47-45-42-30-28-26-23-20-17-14-11-8-5-2/h68H,4-67H2,1-3H3. The molecular formula is C71H138O6. The first-order chi connectivity index (χ1) is 38.0. The molecule has 0 aromatic rings. The molecular weight excluding hydrogens is 949 g/mol. The minimum atomic E-state index is -0.763. The van der Waals surface area contributed by atoms with Gasteiger partial charge in [-0.05, 0) is 19.3 Å². The van der Waals surface area contributed by atoms with Gasteiger partial charge >= 0.3 is 17.9 Å². The van der Waals surface area contributed by atoms with Crippen LogP contribution in [0.4, 0.5) is 0 Å². The van der Waals surface area contributed by atoms with Crippen LogP contribution in [0.25, 0.3) is 0 Å². The van der Waals surface area contributed by atoms with Crippen LogP contribution in [0.2, 0.25) is 0 Å². The topological polar surface area (TPSA) is 78.9 Å². The fraction of sp³-hybridized carbons (Fsp3) is 0.958. The van der Waals surface area contributed by atoms with E-state index in [0.29, 0.717) is 19.3 Å². The van der Waals surface area contributed by atoms with E-state index < -0.39 is 6.10 Å². The average molecular weight is 1090 g/mol. The molecule has 0 aliphatic heterocycles. The molecule has 6 heteroatoms. The summed E-state index contributed by atoms with van der Waals surface area (Å²) in [6, 6.07) is 0. The maximum absolute atomic E-state index is 12.9. The average Bonchev–Trinajstić information content (AvgIpc) is 3.43. The Morgan fingerprint density at radius 3 is 0.519 bits per heavy atom. The van der Waals surface area contributed by atoms with Crippen molar-refractivity contribution in [1.29, 1.82) is 0 Å². The van der Waals surface area contributed by atoms with Crippen molar-refractivity contribution in [2.24, 2.45) is 0 Å². The Labute approximate surface area is 482 Å². The summed E-state index contributed by atoms with van der Waals surface area (Å²) in [5.41, 5.74) is 0. The molecule has 0 amide bonds. The van der Waals surface area contributed by atoms with Crippen molar-refractivity contribution in [2.45, 2.75) is 425 Å². The fourth-order valence-corrected chi connectivity index (χ4v) is 11.3. The Hall–Kier alpha value is -1.59. The molecule has 0 spiro atoms. The first-order valence-corrected chi connectivity index (χ1v) is 35.5. The van der Waals surface area contributed by atoms with E-state index in [-0.39, 0.29) is 31.1 Å². The van der Waals surface area contributed by atoms with Gasteiger partial charge in [-0.2, -0.15) is 0 Å². The molecule has 0 saturated heterocycles. The molecule has 0 aliphatic rings. The lowest BCUT2D eigenvalue weighted by Crippen LogP contribution is -2.30. The van der Waals surface area contributed by atoms with Crippen LogP contribution in [0, 0.1) is 0 Å². The molecule has 0 saturated carbocycles. The molecule has 0 bridgehead atoms. The molecule has 0 aromatic heterocycles. The van der Waals surface area contributed by atoms with Crippen LogP contribution >= 0.6 is 0 Å². The highest BCUT2D eigenvalue weighted by Crippen LogP contribution is 2.19. The van der Waals surface area contributed by atoms with Gasteiger partial charge < -0.3 is 14.2 Å². The highest BCUT2D eigenvalue weighted by atomic mass is 16.6. The third-order valence-corrected chi connectivity index (χ3v) is 16.6. The predicted octanol–water partition coefficient (Wildman–Crippen LogP) is 24.2. The minimum Gasteiger partial charge on any atom is -0.462 e. The molecule has 77 heavy (non-hydrogen) atoms. The number of rotatable bonds is 67. The van der Waals surface area contributed by atoms with Crippen molar-refractivity contribution in [1.82, 2.24) is 0 Å². The Balaban J connectivity index is 4.11. The molecule has 6 nitrogen and oxygen atoms in total. The van der Waals surface area contributed by atoms with Gasteiger partial charge in [-0.25, -0.2) is 0 Å². The summed E-state index contributed by atoms with van der Waals surface area (Å²) in [7, 11) is 0. The molecule has 0 heterocycles. The van der Waals surface area contributed by atoms with Crippen LogP contribution in [0.1, 0.15) is 419 Å². The maximum Gasteiger partial charge on any atom is 0.306 e. The van der Waals surface area contributed by atoms with E-state index in [9.17, 15) is 14.4 Å². The largest absolute Gasteiger partial charge is 0.462 e. The van der Waals surface area contributed by atoms with Crippen molar-refractivity contribution in [3.63, 3.8) is 0 Å². The zero-order valence-electron chi connectivity index (χ0n) is 52.8. The fourth-order valence-electron chi connectivity index (χ4n) is 11.3. The quantitative estimate of drug-likeness (QED) is 0.0343. The van der Waals surface area contributed by atoms with Crippen molar-refractivity contribution in [3.8, 4) is 0 Å². The number of carbonyl (C=O) groups is 3. The van der Waals surface area contributed by atoms with Gasteiger partial charge in [0.2, 0.25) is 0 Å². The number of esters is 3. The number of hydrogen-bond acceptors (Lipinski definition) is 6. The lowest BCUT2D eigenvalue weighted by Gasteiger charge is -2.18. The van der Waals surface area contributed by atoms with Crippen LogP contribution < -0.4 is 0 Å². The Morgan fingerprint density at radius 1 is 0.208 bits per heavy atom. The molecule has 0 fully saturated rings. The zero-order chi connectivity index (χ0) is 55.7. The van der Waals surface area contributed by atoms with Gasteiger partial charge in [-0.3, -0.25) is 14.4 Å². The summed E-state index contributed by atoms with van der Waals surface area (Å²) in [6.07, 6.45) is 78.6. The summed E-state index contributed by atoms with van der Waals surface area (Å²) in [6.45, 7) is 6.73. The SMILES string of the molecule is CCCCCCCCCCCCCCCCCCCCCCCCCCCCCCCC(=O)OCC(COC(=O)CCCCCCCCCCCCCC)OC(=O)CCCCCCCCCCCCCCCCCCCC. The smallest absolute Gasteiger partial charge is 0.306 e. The molecule has 0 aromatic carbocycles. The lowest BCUT2D eigenvalue weighted by molar-refractivity contribution is -0.167. The monoisotopic (exact) mass is 1090 g/mol. The van der Waals surface area contributed by atoms with Crippen LogP contribution in [0.5, 0.6) is 0 Å². The molecule has 0 aliphatic carbocycles. The minimum absolute atomic E-state index is 0.0604. The normalized spacial score (nSPS) is 11.9. The highest BCUT2D eigenvalue weighted by Gasteiger charge is 2.19. The van der Waals surface area contributed by atoms with E-state index in [1.165, 1.54) is 321 Å². The predicted molar refractivity (Wildman–Crippen MR) is 335 cm³/mol. The second-order valence-electron chi connectivity index (χ2n) is 24.5. The second kappa shape index (κ2) is 66.9. The van der Waals surface area contributed by atoms with E-state index in [2.05, 4.69) is 20.8 Å². The van der Waals surface area contributed by atoms with Crippen LogP contribution in [-0.2, 0) is 28.6 Å². The summed E-state index contributed by atoms with van der Waals surface area (Å²) in [4.78, 5) is 38.3. The molecule has 0 radical (unpaired) electrons. The molecule has 1 unspecified atom stereocenters. The lowest BCUT2D eigenvalue weighted by atomic mass is 10.0. The van der Waals surface area contributed by atoms with Crippen LogP contribution in [-0.4, -0.2) is 37.2 Å². The third-order valence-electron chi connectivity index (χ3n) is 16.6. The van der Waals surface area contributed by atoms with Gasteiger partial charge in [0, 0.05) is 19.3 Å². The van der Waals surface area contributed by atoms with E-state index in [4.69, 9.17) is 14.2 Å². The first-order valence-electron chi connectivity index (χ1n) is 35.5. The van der Waals surface area contributed by atoms with Crippen molar-refractivity contribution < 1.29 is 28.6 Å². The van der Waals surface area contributed by atoms with E-state index in [1.807, 2.05) is 0 Å². The summed E-state index contributed by atoms with van der Waals surface area (Å²) in [5, 5.41) is 0. The molecule has 458 valence electrons.